The second-order valence-corrected chi connectivity index (χ2v) is 3.95. The van der Waals surface area contributed by atoms with Crippen molar-refractivity contribution in [3.63, 3.8) is 0 Å². The molecule has 1 heterocycles. The van der Waals surface area contributed by atoms with Crippen molar-refractivity contribution in [1.82, 2.24) is 4.90 Å². The summed E-state index contributed by atoms with van der Waals surface area (Å²) in [6.07, 6.45) is 3.16. The number of nitrogens with zero attached hydrogens (tertiary/aromatic N) is 1. The van der Waals surface area contributed by atoms with E-state index in [0.717, 1.165) is 13.0 Å². The zero-order valence-electron chi connectivity index (χ0n) is 8.34. The summed E-state index contributed by atoms with van der Waals surface area (Å²) in [7, 11) is 1.90. The van der Waals surface area contributed by atoms with Gasteiger partial charge in [-0.25, -0.2) is 0 Å². The molecule has 0 saturated carbocycles. The molecule has 0 spiro atoms. The van der Waals surface area contributed by atoms with Gasteiger partial charge in [0.05, 0.1) is 0 Å². The Bertz CT molecular complexity index is 167. The highest BCUT2D eigenvalue weighted by Crippen LogP contribution is 2.26. The molecule has 2 heteroatoms. The van der Waals surface area contributed by atoms with Gasteiger partial charge >= 0.3 is 0 Å². The third-order valence-electron chi connectivity index (χ3n) is 3.15. The van der Waals surface area contributed by atoms with Crippen molar-refractivity contribution < 1.29 is 4.79 Å². The molecule has 0 aromatic heterocycles. The summed E-state index contributed by atoms with van der Waals surface area (Å²) in [6, 6.07) is 0. The van der Waals surface area contributed by atoms with Gasteiger partial charge in [0.1, 0.15) is 0 Å². The molecule has 1 amide bonds. The van der Waals surface area contributed by atoms with Crippen LogP contribution in [0, 0.1) is 11.8 Å². The quantitative estimate of drug-likeness (QED) is 0.618. The first-order chi connectivity index (χ1) is 5.65. The first-order valence-corrected chi connectivity index (χ1v) is 4.89. The molecule has 0 aliphatic carbocycles. The molecular formula is C10H19NO. The van der Waals surface area contributed by atoms with Crippen molar-refractivity contribution in [3.8, 4) is 0 Å². The minimum atomic E-state index is 0.326. The second-order valence-electron chi connectivity index (χ2n) is 3.95. The average molecular weight is 169 g/mol. The SMILES string of the molecule is CCC(C)[C@H]1CCN(C)C(=O)C1. The van der Waals surface area contributed by atoms with E-state index in [1.165, 1.54) is 12.8 Å². The Morgan fingerprint density at radius 1 is 1.67 bits per heavy atom. The largest absolute Gasteiger partial charge is 0.346 e. The van der Waals surface area contributed by atoms with E-state index in [4.69, 9.17) is 0 Å². The predicted octanol–water partition coefficient (Wildman–Crippen LogP) is 1.90. The van der Waals surface area contributed by atoms with Crippen molar-refractivity contribution >= 4 is 5.91 Å². The van der Waals surface area contributed by atoms with E-state index in [1.807, 2.05) is 11.9 Å². The van der Waals surface area contributed by atoms with Crippen LogP contribution >= 0.6 is 0 Å². The first kappa shape index (κ1) is 9.56. The van der Waals surface area contributed by atoms with Gasteiger partial charge in [-0.3, -0.25) is 4.79 Å². The van der Waals surface area contributed by atoms with E-state index in [9.17, 15) is 4.79 Å². The zero-order valence-corrected chi connectivity index (χ0v) is 8.34. The molecule has 0 N–H and O–H groups in total. The number of amides is 1. The number of rotatable bonds is 2. The molecule has 1 unspecified atom stereocenters. The van der Waals surface area contributed by atoms with E-state index in [1.54, 1.807) is 0 Å². The number of hydrogen-bond acceptors (Lipinski definition) is 1. The predicted molar refractivity (Wildman–Crippen MR) is 49.8 cm³/mol. The fourth-order valence-electron chi connectivity index (χ4n) is 1.79. The molecule has 0 aromatic carbocycles. The van der Waals surface area contributed by atoms with Crippen LogP contribution in [-0.2, 0) is 4.79 Å². The summed E-state index contributed by atoms with van der Waals surface area (Å²) >= 11 is 0. The van der Waals surface area contributed by atoms with E-state index in [-0.39, 0.29) is 0 Å². The number of carbonyl (C=O) groups excluding carboxylic acids is 1. The van der Waals surface area contributed by atoms with Crippen LogP contribution in [0.1, 0.15) is 33.1 Å². The van der Waals surface area contributed by atoms with E-state index in [2.05, 4.69) is 13.8 Å². The molecule has 1 saturated heterocycles. The fourth-order valence-corrected chi connectivity index (χ4v) is 1.79. The molecule has 70 valence electrons. The van der Waals surface area contributed by atoms with Gasteiger partial charge in [0, 0.05) is 20.0 Å². The number of piperidine rings is 1. The Labute approximate surface area is 74.9 Å². The van der Waals surface area contributed by atoms with E-state index < -0.39 is 0 Å². The van der Waals surface area contributed by atoms with Gasteiger partial charge in [-0.15, -0.1) is 0 Å². The molecule has 1 rings (SSSR count). The molecule has 1 fully saturated rings. The summed E-state index contributed by atoms with van der Waals surface area (Å²) in [5.41, 5.74) is 0. The molecular weight excluding hydrogens is 150 g/mol. The maximum absolute atomic E-state index is 11.4. The smallest absolute Gasteiger partial charge is 0.222 e. The van der Waals surface area contributed by atoms with E-state index in [0.29, 0.717) is 17.7 Å². The topological polar surface area (TPSA) is 20.3 Å². The summed E-state index contributed by atoms with van der Waals surface area (Å²) in [6.45, 7) is 5.41. The molecule has 2 atom stereocenters. The summed E-state index contributed by atoms with van der Waals surface area (Å²) in [5, 5.41) is 0. The molecule has 0 radical (unpaired) electrons. The van der Waals surface area contributed by atoms with Crippen LogP contribution in [0.2, 0.25) is 0 Å². The van der Waals surface area contributed by atoms with Crippen LogP contribution in [0.15, 0.2) is 0 Å². The Morgan fingerprint density at radius 2 is 2.33 bits per heavy atom. The molecule has 1 aliphatic heterocycles. The van der Waals surface area contributed by atoms with Crippen molar-refractivity contribution in [2.75, 3.05) is 13.6 Å². The van der Waals surface area contributed by atoms with Gasteiger partial charge < -0.3 is 4.90 Å². The molecule has 2 nitrogen and oxygen atoms in total. The third kappa shape index (κ3) is 1.99. The average Bonchev–Trinajstić information content (AvgIpc) is 2.08. The van der Waals surface area contributed by atoms with Gasteiger partial charge in [-0.1, -0.05) is 20.3 Å². The van der Waals surface area contributed by atoms with Crippen LogP contribution in [0.5, 0.6) is 0 Å². The van der Waals surface area contributed by atoms with Gasteiger partial charge in [-0.05, 0) is 18.3 Å². The molecule has 1 aliphatic rings. The van der Waals surface area contributed by atoms with Crippen molar-refractivity contribution in [3.05, 3.63) is 0 Å². The lowest BCUT2D eigenvalue weighted by atomic mass is 9.84. The Morgan fingerprint density at radius 3 is 2.83 bits per heavy atom. The molecule has 0 aromatic rings. The molecule has 0 bridgehead atoms. The number of likely N-dealkylation sites (tertiary alicyclic amines) is 1. The summed E-state index contributed by atoms with van der Waals surface area (Å²) in [5.74, 6) is 1.67. The Hall–Kier alpha value is -0.530. The number of carbonyl (C=O) groups is 1. The summed E-state index contributed by atoms with van der Waals surface area (Å²) < 4.78 is 0. The van der Waals surface area contributed by atoms with Crippen molar-refractivity contribution in [2.24, 2.45) is 11.8 Å². The minimum Gasteiger partial charge on any atom is -0.346 e. The van der Waals surface area contributed by atoms with Crippen LogP contribution in [-0.4, -0.2) is 24.4 Å². The van der Waals surface area contributed by atoms with Gasteiger partial charge in [0.15, 0.2) is 0 Å². The van der Waals surface area contributed by atoms with Crippen LogP contribution in [0.25, 0.3) is 0 Å². The Balaban J connectivity index is 2.45. The maximum atomic E-state index is 11.4. The highest BCUT2D eigenvalue weighted by atomic mass is 16.2. The van der Waals surface area contributed by atoms with Crippen LogP contribution in [0.4, 0.5) is 0 Å². The molecule has 12 heavy (non-hydrogen) atoms. The summed E-state index contributed by atoms with van der Waals surface area (Å²) in [4.78, 5) is 13.2. The lowest BCUT2D eigenvalue weighted by Crippen LogP contribution is -2.37. The lowest BCUT2D eigenvalue weighted by molar-refractivity contribution is -0.134. The Kier molecular flexibility index (Phi) is 3.12. The lowest BCUT2D eigenvalue weighted by Gasteiger charge is -2.31. The second kappa shape index (κ2) is 3.92. The zero-order chi connectivity index (χ0) is 9.14. The highest BCUT2D eigenvalue weighted by Gasteiger charge is 2.26. The van der Waals surface area contributed by atoms with Crippen molar-refractivity contribution in [1.29, 1.82) is 0 Å². The monoisotopic (exact) mass is 169 g/mol. The maximum Gasteiger partial charge on any atom is 0.222 e. The van der Waals surface area contributed by atoms with E-state index >= 15 is 0 Å². The first-order valence-electron chi connectivity index (χ1n) is 4.89. The van der Waals surface area contributed by atoms with Crippen molar-refractivity contribution in [2.45, 2.75) is 33.1 Å². The number of hydrogen-bond donors (Lipinski definition) is 0. The van der Waals surface area contributed by atoms with Gasteiger partial charge in [0.2, 0.25) is 5.91 Å². The van der Waals surface area contributed by atoms with Gasteiger partial charge in [0.25, 0.3) is 0 Å². The normalized spacial score (nSPS) is 27.4. The van der Waals surface area contributed by atoms with Gasteiger partial charge in [-0.2, -0.15) is 0 Å². The fraction of sp³-hybridized carbons (Fsp3) is 0.900. The van der Waals surface area contributed by atoms with Crippen LogP contribution < -0.4 is 0 Å². The third-order valence-corrected chi connectivity index (χ3v) is 3.15. The highest BCUT2D eigenvalue weighted by molar-refractivity contribution is 5.76. The van der Waals surface area contributed by atoms with Crippen LogP contribution in [0.3, 0.4) is 0 Å². The minimum absolute atomic E-state index is 0.326. The standard InChI is InChI=1S/C10H19NO/c1-4-8(2)9-5-6-11(3)10(12)7-9/h8-9H,4-7H2,1-3H3/t8?,9-/m0/s1.